The third-order valence-electron chi connectivity index (χ3n) is 5.55. The van der Waals surface area contributed by atoms with E-state index >= 15 is 0 Å². The van der Waals surface area contributed by atoms with Crippen LogP contribution in [0.4, 0.5) is 4.79 Å². The van der Waals surface area contributed by atoms with Gasteiger partial charge >= 0.3 is 6.09 Å². The van der Waals surface area contributed by atoms with Crippen molar-refractivity contribution in [1.82, 2.24) is 15.0 Å². The van der Waals surface area contributed by atoms with Crippen molar-refractivity contribution < 1.29 is 19.0 Å². The number of aromatic nitrogens is 3. The first-order valence-corrected chi connectivity index (χ1v) is 10.4. The van der Waals surface area contributed by atoms with Gasteiger partial charge in [0.2, 0.25) is 5.82 Å². The van der Waals surface area contributed by atoms with Gasteiger partial charge in [0.25, 0.3) is 0 Å². The van der Waals surface area contributed by atoms with E-state index in [-0.39, 0.29) is 23.4 Å². The van der Waals surface area contributed by atoms with Crippen LogP contribution in [0, 0.1) is 11.3 Å². The average molecular weight is 445 g/mol. The summed E-state index contributed by atoms with van der Waals surface area (Å²) in [6.45, 7) is 4.19. The Kier molecular flexibility index (Phi) is 6.09. The molecule has 1 amide bonds. The molecule has 4 rings (SSSR count). The Morgan fingerprint density at radius 3 is 2.18 bits per heavy atom. The van der Waals surface area contributed by atoms with Gasteiger partial charge in [-0.15, -0.1) is 0 Å². The van der Waals surface area contributed by atoms with Gasteiger partial charge in [0.05, 0.1) is 24.3 Å². The first-order chi connectivity index (χ1) is 15.8. The summed E-state index contributed by atoms with van der Waals surface area (Å²) in [4.78, 5) is 23.2. The van der Waals surface area contributed by atoms with Gasteiger partial charge in [-0.3, -0.25) is 4.98 Å². The maximum absolute atomic E-state index is 10.8. The maximum Gasteiger partial charge on any atom is 0.404 e. The topological polar surface area (TPSA) is 133 Å². The highest BCUT2D eigenvalue weighted by Crippen LogP contribution is 2.33. The largest absolute Gasteiger partial charge is 0.489 e. The van der Waals surface area contributed by atoms with Gasteiger partial charge in [0.15, 0.2) is 5.75 Å². The molecule has 1 saturated carbocycles. The lowest BCUT2D eigenvalue weighted by atomic mass is 9.81. The summed E-state index contributed by atoms with van der Waals surface area (Å²) in [5, 5.41) is 8.78. The third-order valence-corrected chi connectivity index (χ3v) is 5.55. The number of primary amides is 1. The lowest BCUT2D eigenvalue weighted by Gasteiger charge is -2.34. The Balaban J connectivity index is 1.37. The number of nitrogens with zero attached hydrogens (tertiary/aromatic N) is 4. The van der Waals surface area contributed by atoms with Crippen LogP contribution in [-0.4, -0.2) is 33.3 Å². The van der Waals surface area contributed by atoms with Crippen LogP contribution in [0.3, 0.4) is 0 Å². The standard InChI is InChI=1S/C24H23N5O4/c1-24(2,15-3-5-16(6-4-15)31-20-13-28-22(11-25)29-14-20)21-8-7-17(12-27-21)32-18-9-19(10-18)33-23(26)30/h3-8,12-14,18-19H,9-10H2,1-2H3,(H2,26,30). The Bertz CT molecular complexity index is 1150. The van der Waals surface area contributed by atoms with Gasteiger partial charge in [-0.1, -0.05) is 26.0 Å². The maximum atomic E-state index is 10.8. The summed E-state index contributed by atoms with van der Waals surface area (Å²) < 4.78 is 16.6. The fourth-order valence-corrected chi connectivity index (χ4v) is 3.54. The molecule has 0 bridgehead atoms. The fourth-order valence-electron chi connectivity index (χ4n) is 3.54. The summed E-state index contributed by atoms with van der Waals surface area (Å²) in [5.41, 5.74) is 6.65. The number of benzene rings is 1. The quantitative estimate of drug-likeness (QED) is 0.579. The van der Waals surface area contributed by atoms with Crippen molar-refractivity contribution in [3.63, 3.8) is 0 Å². The normalized spacial score (nSPS) is 17.4. The molecule has 168 valence electrons. The Labute approximate surface area is 191 Å². The highest BCUT2D eigenvalue weighted by Gasteiger charge is 2.33. The van der Waals surface area contributed by atoms with Crippen LogP contribution in [0.2, 0.25) is 0 Å². The van der Waals surface area contributed by atoms with E-state index in [9.17, 15) is 4.79 Å². The lowest BCUT2D eigenvalue weighted by molar-refractivity contribution is -0.0198. The molecule has 9 nitrogen and oxygen atoms in total. The molecule has 33 heavy (non-hydrogen) atoms. The highest BCUT2D eigenvalue weighted by atomic mass is 16.6. The monoisotopic (exact) mass is 445 g/mol. The van der Waals surface area contributed by atoms with Crippen LogP contribution in [0.5, 0.6) is 17.2 Å². The van der Waals surface area contributed by atoms with Crippen LogP contribution in [0.25, 0.3) is 0 Å². The average Bonchev–Trinajstić information content (AvgIpc) is 2.78. The van der Waals surface area contributed by atoms with Gasteiger partial charge < -0.3 is 19.9 Å². The van der Waals surface area contributed by atoms with E-state index in [4.69, 9.17) is 25.2 Å². The number of carbonyl (C=O) groups excluding carboxylic acids is 1. The number of nitriles is 1. The van der Waals surface area contributed by atoms with E-state index in [0.717, 1.165) is 11.3 Å². The number of amides is 1. The molecule has 0 aliphatic heterocycles. The van der Waals surface area contributed by atoms with E-state index in [1.807, 2.05) is 42.5 Å². The second-order valence-corrected chi connectivity index (χ2v) is 8.25. The summed E-state index contributed by atoms with van der Waals surface area (Å²) in [6.07, 6.45) is 4.95. The van der Waals surface area contributed by atoms with Crippen LogP contribution in [0.15, 0.2) is 55.0 Å². The van der Waals surface area contributed by atoms with Crippen molar-refractivity contribution in [2.45, 2.75) is 44.3 Å². The first kappa shape index (κ1) is 22.0. The number of carbonyl (C=O) groups is 1. The third kappa shape index (κ3) is 5.18. The summed E-state index contributed by atoms with van der Waals surface area (Å²) in [5.74, 6) is 1.86. The predicted octanol–water partition coefficient (Wildman–Crippen LogP) is 3.87. The lowest BCUT2D eigenvalue weighted by Crippen LogP contribution is -2.41. The summed E-state index contributed by atoms with van der Waals surface area (Å²) >= 11 is 0. The van der Waals surface area contributed by atoms with Crippen LogP contribution in [-0.2, 0) is 10.2 Å². The highest BCUT2D eigenvalue weighted by molar-refractivity contribution is 5.64. The van der Waals surface area contributed by atoms with Crippen molar-refractivity contribution >= 4 is 6.09 Å². The van der Waals surface area contributed by atoms with E-state index in [0.29, 0.717) is 30.1 Å². The molecule has 0 spiro atoms. The van der Waals surface area contributed by atoms with Gasteiger partial charge in [0, 0.05) is 18.3 Å². The second-order valence-electron chi connectivity index (χ2n) is 8.25. The molecular weight excluding hydrogens is 422 g/mol. The van der Waals surface area contributed by atoms with E-state index < -0.39 is 6.09 Å². The predicted molar refractivity (Wildman–Crippen MR) is 118 cm³/mol. The molecule has 1 aromatic carbocycles. The minimum atomic E-state index is -0.755. The minimum Gasteiger partial charge on any atom is -0.489 e. The van der Waals surface area contributed by atoms with E-state index in [1.54, 1.807) is 6.20 Å². The number of hydrogen-bond acceptors (Lipinski definition) is 8. The number of ether oxygens (including phenoxy) is 3. The first-order valence-electron chi connectivity index (χ1n) is 10.4. The summed E-state index contributed by atoms with van der Waals surface area (Å²) in [6, 6.07) is 13.4. The molecule has 9 heteroatoms. The number of rotatable bonds is 7. The smallest absolute Gasteiger partial charge is 0.404 e. The van der Waals surface area contributed by atoms with Crippen LogP contribution >= 0.6 is 0 Å². The van der Waals surface area contributed by atoms with Gasteiger partial charge in [-0.25, -0.2) is 14.8 Å². The van der Waals surface area contributed by atoms with Gasteiger partial charge in [0.1, 0.15) is 29.8 Å². The molecule has 1 fully saturated rings. The molecule has 3 aromatic rings. The zero-order chi connectivity index (χ0) is 23.4. The Morgan fingerprint density at radius 2 is 1.61 bits per heavy atom. The summed E-state index contributed by atoms with van der Waals surface area (Å²) in [7, 11) is 0. The Hall–Kier alpha value is -4.19. The van der Waals surface area contributed by atoms with E-state index in [1.165, 1.54) is 12.4 Å². The van der Waals surface area contributed by atoms with Crippen molar-refractivity contribution in [1.29, 1.82) is 5.26 Å². The number of nitrogens with two attached hydrogens (primary N) is 1. The molecule has 0 saturated heterocycles. The zero-order valence-electron chi connectivity index (χ0n) is 18.3. The number of hydrogen-bond donors (Lipinski definition) is 1. The van der Waals surface area contributed by atoms with E-state index in [2.05, 4.69) is 28.8 Å². The minimum absolute atomic E-state index is 0.0101. The molecule has 0 unspecified atom stereocenters. The van der Waals surface area contributed by atoms with Gasteiger partial charge in [-0.2, -0.15) is 5.26 Å². The number of pyridine rings is 1. The molecule has 0 radical (unpaired) electrons. The SMILES string of the molecule is CC(C)(c1ccc(Oc2cnc(C#N)nc2)cc1)c1ccc(OC2CC(OC(N)=O)C2)cn1. The van der Waals surface area contributed by atoms with Crippen LogP contribution < -0.4 is 15.2 Å². The van der Waals surface area contributed by atoms with Crippen molar-refractivity contribution in [3.05, 3.63) is 72.1 Å². The molecule has 2 heterocycles. The van der Waals surface area contributed by atoms with Crippen molar-refractivity contribution in [2.24, 2.45) is 5.73 Å². The molecular formula is C24H23N5O4. The zero-order valence-corrected chi connectivity index (χ0v) is 18.3. The molecule has 1 aliphatic rings. The van der Waals surface area contributed by atoms with Crippen molar-refractivity contribution in [3.8, 4) is 23.3 Å². The Morgan fingerprint density at radius 1 is 0.970 bits per heavy atom. The fraction of sp³-hybridized carbons (Fsp3) is 0.292. The second kappa shape index (κ2) is 9.12. The van der Waals surface area contributed by atoms with Crippen LogP contribution in [0.1, 0.15) is 43.8 Å². The van der Waals surface area contributed by atoms with Crippen molar-refractivity contribution in [2.75, 3.05) is 0 Å². The molecule has 0 atom stereocenters. The molecule has 2 aromatic heterocycles. The van der Waals surface area contributed by atoms with Gasteiger partial charge in [-0.05, 0) is 29.8 Å². The molecule has 2 N–H and O–H groups in total. The molecule has 1 aliphatic carbocycles.